The number of esters is 1. The topological polar surface area (TPSA) is 105 Å². The zero-order valence-corrected chi connectivity index (χ0v) is 14.7. The van der Waals surface area contributed by atoms with Gasteiger partial charge in [0.15, 0.2) is 6.29 Å². The van der Waals surface area contributed by atoms with Gasteiger partial charge in [-0.2, -0.15) is 0 Å². The van der Waals surface area contributed by atoms with Crippen molar-refractivity contribution in [2.45, 2.75) is 56.7 Å². The lowest BCUT2D eigenvalue weighted by molar-refractivity contribution is -0.289. The lowest BCUT2D eigenvalue weighted by atomic mass is 9.86. The number of methoxy groups -OCH3 is 1. The highest BCUT2D eigenvalue weighted by Crippen LogP contribution is 2.30. The molecule has 22 heavy (non-hydrogen) atoms. The van der Waals surface area contributed by atoms with Crippen LogP contribution in [-0.2, 0) is 19.0 Å². The fourth-order valence-electron chi connectivity index (χ4n) is 2.30. The van der Waals surface area contributed by atoms with Gasteiger partial charge in [0.05, 0.1) is 26.2 Å². The van der Waals surface area contributed by atoms with Crippen LogP contribution in [0, 0.1) is 5.92 Å². The molecule has 1 rings (SSSR count). The van der Waals surface area contributed by atoms with Crippen molar-refractivity contribution in [2.75, 3.05) is 20.3 Å². The lowest BCUT2D eigenvalue weighted by Gasteiger charge is -2.41. The summed E-state index contributed by atoms with van der Waals surface area (Å²) >= 11 is 0. The molecular formula is C14H28O7Si. The molecule has 0 aromatic heterocycles. The van der Waals surface area contributed by atoms with Crippen LogP contribution in [0.3, 0.4) is 0 Å². The largest absolute Gasteiger partial charge is 0.469 e. The predicted molar refractivity (Wildman–Crippen MR) is 82.0 cm³/mol. The lowest BCUT2D eigenvalue weighted by Crippen LogP contribution is -2.56. The van der Waals surface area contributed by atoms with E-state index in [1.807, 2.05) is 0 Å². The number of aliphatic hydroxyl groups excluding tert-OH is 3. The highest BCUT2D eigenvalue weighted by atomic mass is 28.3. The molecule has 1 fully saturated rings. The number of hydrogen-bond donors (Lipinski definition) is 3. The highest BCUT2D eigenvalue weighted by Gasteiger charge is 2.45. The average molecular weight is 336 g/mol. The minimum absolute atomic E-state index is 0.160. The van der Waals surface area contributed by atoms with Crippen molar-refractivity contribution in [3.05, 3.63) is 0 Å². The van der Waals surface area contributed by atoms with Crippen LogP contribution in [-0.4, -0.2) is 74.3 Å². The highest BCUT2D eigenvalue weighted by molar-refractivity contribution is 6.76. The summed E-state index contributed by atoms with van der Waals surface area (Å²) in [5.41, 5.74) is 0. The first-order valence-electron chi connectivity index (χ1n) is 7.50. The van der Waals surface area contributed by atoms with Crippen molar-refractivity contribution in [1.82, 2.24) is 0 Å². The van der Waals surface area contributed by atoms with Crippen molar-refractivity contribution in [1.29, 1.82) is 0 Å². The van der Waals surface area contributed by atoms with Crippen molar-refractivity contribution >= 4 is 14.0 Å². The van der Waals surface area contributed by atoms with Gasteiger partial charge in [-0.1, -0.05) is 19.6 Å². The standard InChI is InChI=1S/C14H28O7Si/c1-19-11(16)7-9-12(17)10(8-15)21-14(13(9)18)20-5-6-22(2,3)4/h9-10,12-15,17-18H,5-8H2,1-4H3/t9-,10+,12+,13+,14+/m0/s1. The van der Waals surface area contributed by atoms with Crippen molar-refractivity contribution < 1.29 is 34.3 Å². The second-order valence-corrected chi connectivity index (χ2v) is 12.5. The summed E-state index contributed by atoms with van der Waals surface area (Å²) < 4.78 is 15.6. The number of carbonyl (C=O) groups excluding carboxylic acids is 1. The van der Waals surface area contributed by atoms with Crippen LogP contribution in [0.1, 0.15) is 6.42 Å². The van der Waals surface area contributed by atoms with Crippen molar-refractivity contribution in [2.24, 2.45) is 5.92 Å². The summed E-state index contributed by atoms with van der Waals surface area (Å²) in [4.78, 5) is 11.4. The number of ether oxygens (including phenoxy) is 3. The molecule has 0 spiro atoms. The molecule has 0 aromatic carbocycles. The Balaban J connectivity index is 2.70. The van der Waals surface area contributed by atoms with Crippen LogP contribution >= 0.6 is 0 Å². The third kappa shape index (κ3) is 5.60. The number of rotatable bonds is 7. The van der Waals surface area contributed by atoms with Crippen molar-refractivity contribution in [3.63, 3.8) is 0 Å². The van der Waals surface area contributed by atoms with Gasteiger partial charge >= 0.3 is 5.97 Å². The fraction of sp³-hybridized carbons (Fsp3) is 0.929. The summed E-state index contributed by atoms with van der Waals surface area (Å²) in [5.74, 6) is -1.34. The van der Waals surface area contributed by atoms with E-state index in [1.165, 1.54) is 7.11 Å². The third-order valence-corrected chi connectivity index (χ3v) is 5.49. The van der Waals surface area contributed by atoms with E-state index in [0.29, 0.717) is 6.61 Å². The maximum atomic E-state index is 11.4. The van der Waals surface area contributed by atoms with E-state index >= 15 is 0 Å². The van der Waals surface area contributed by atoms with Crippen LogP contribution < -0.4 is 0 Å². The van der Waals surface area contributed by atoms with Gasteiger partial charge in [0.1, 0.15) is 12.2 Å². The van der Waals surface area contributed by atoms with Gasteiger partial charge in [-0.3, -0.25) is 4.79 Å². The van der Waals surface area contributed by atoms with Gasteiger partial charge in [-0.25, -0.2) is 0 Å². The van der Waals surface area contributed by atoms with Crippen LogP contribution in [0.15, 0.2) is 0 Å². The molecule has 0 aromatic rings. The SMILES string of the molecule is COC(=O)C[C@H]1[C@@H](O)[C@@H](CO)O[C@@H](OCC[Si](C)(C)C)[C@@H]1O. The van der Waals surface area contributed by atoms with Gasteiger partial charge < -0.3 is 29.5 Å². The molecule has 0 amide bonds. The van der Waals surface area contributed by atoms with E-state index in [-0.39, 0.29) is 6.42 Å². The minimum Gasteiger partial charge on any atom is -0.469 e. The predicted octanol–water partition coefficient (Wildman–Crippen LogP) is -0.0405. The van der Waals surface area contributed by atoms with Gasteiger partial charge in [0.25, 0.3) is 0 Å². The normalized spacial score (nSPS) is 32.8. The third-order valence-electron chi connectivity index (χ3n) is 3.79. The number of carbonyl (C=O) groups is 1. The smallest absolute Gasteiger partial charge is 0.305 e. The molecule has 1 aliphatic rings. The number of aliphatic hydroxyl groups is 3. The van der Waals surface area contributed by atoms with Crippen molar-refractivity contribution in [3.8, 4) is 0 Å². The molecule has 0 bridgehead atoms. The number of hydrogen-bond acceptors (Lipinski definition) is 7. The molecule has 5 atom stereocenters. The zero-order valence-electron chi connectivity index (χ0n) is 13.7. The summed E-state index contributed by atoms with van der Waals surface area (Å²) in [6.45, 7) is 6.62. The maximum Gasteiger partial charge on any atom is 0.305 e. The molecule has 1 heterocycles. The Morgan fingerprint density at radius 3 is 2.36 bits per heavy atom. The van der Waals surface area contributed by atoms with Crippen LogP contribution in [0.4, 0.5) is 0 Å². The molecular weight excluding hydrogens is 308 g/mol. The van der Waals surface area contributed by atoms with E-state index in [0.717, 1.165) is 6.04 Å². The summed E-state index contributed by atoms with van der Waals surface area (Å²) in [5, 5.41) is 29.7. The average Bonchev–Trinajstić information content (AvgIpc) is 2.44. The molecule has 130 valence electrons. The zero-order chi connectivity index (χ0) is 16.9. The first-order chi connectivity index (χ1) is 10.2. The van der Waals surface area contributed by atoms with Crippen LogP contribution in [0.25, 0.3) is 0 Å². The van der Waals surface area contributed by atoms with E-state index in [2.05, 4.69) is 24.4 Å². The minimum atomic E-state index is -1.29. The molecule has 7 nitrogen and oxygen atoms in total. The van der Waals surface area contributed by atoms with Crippen LogP contribution in [0.5, 0.6) is 0 Å². The van der Waals surface area contributed by atoms with Gasteiger partial charge in [0.2, 0.25) is 0 Å². The molecule has 0 unspecified atom stereocenters. The second-order valence-electron chi connectivity index (χ2n) is 6.83. The van der Waals surface area contributed by atoms with Gasteiger partial charge in [-0.05, 0) is 6.04 Å². The van der Waals surface area contributed by atoms with E-state index in [9.17, 15) is 20.1 Å². The Morgan fingerprint density at radius 1 is 1.23 bits per heavy atom. The molecule has 0 saturated carbocycles. The monoisotopic (exact) mass is 336 g/mol. The molecule has 8 heteroatoms. The summed E-state index contributed by atoms with van der Waals surface area (Å²) in [7, 11) is -0.0447. The van der Waals surface area contributed by atoms with Gasteiger partial charge in [0, 0.05) is 20.6 Å². The first-order valence-corrected chi connectivity index (χ1v) is 11.2. The summed E-state index contributed by atoms with van der Waals surface area (Å²) in [6.07, 6.45) is -4.33. The Kier molecular flexibility index (Phi) is 7.43. The molecule has 0 radical (unpaired) electrons. The maximum absolute atomic E-state index is 11.4. The Bertz CT molecular complexity index is 358. The van der Waals surface area contributed by atoms with E-state index in [1.54, 1.807) is 0 Å². The molecule has 1 saturated heterocycles. The quantitative estimate of drug-likeness (QED) is 0.442. The fourth-order valence-corrected chi connectivity index (χ4v) is 3.03. The molecule has 1 aliphatic heterocycles. The summed E-state index contributed by atoms with van der Waals surface area (Å²) in [6, 6.07) is 0.896. The van der Waals surface area contributed by atoms with Gasteiger partial charge in [-0.15, -0.1) is 0 Å². The molecule has 3 N–H and O–H groups in total. The molecule has 0 aliphatic carbocycles. The van der Waals surface area contributed by atoms with Crippen LogP contribution in [0.2, 0.25) is 25.7 Å². The van der Waals surface area contributed by atoms with E-state index < -0.39 is 51.2 Å². The van der Waals surface area contributed by atoms with E-state index in [4.69, 9.17) is 9.47 Å². The second kappa shape index (κ2) is 8.37. The Hall–Kier alpha value is -0.513. The Labute approximate surface area is 132 Å². The Morgan fingerprint density at radius 2 is 1.86 bits per heavy atom. The first kappa shape index (κ1) is 19.5.